The molecule has 30 heavy (non-hydrogen) atoms. The van der Waals surface area contributed by atoms with E-state index in [0.29, 0.717) is 12.4 Å². The van der Waals surface area contributed by atoms with Crippen molar-refractivity contribution in [3.8, 4) is 0 Å². The van der Waals surface area contributed by atoms with Crippen molar-refractivity contribution in [3.63, 3.8) is 0 Å². The molecule has 1 fully saturated rings. The van der Waals surface area contributed by atoms with E-state index in [2.05, 4.69) is 31.1 Å². The Hall–Kier alpha value is -2.94. The van der Waals surface area contributed by atoms with Gasteiger partial charge in [0.15, 0.2) is 0 Å². The summed E-state index contributed by atoms with van der Waals surface area (Å²) in [6.45, 7) is 4.61. The Morgan fingerprint density at radius 3 is 2.87 bits per heavy atom. The van der Waals surface area contributed by atoms with E-state index in [1.54, 1.807) is 0 Å². The van der Waals surface area contributed by atoms with Gasteiger partial charge in [0.1, 0.15) is 5.82 Å². The molecule has 1 saturated carbocycles. The number of nitrogens with one attached hydrogen (secondary N) is 3. The molecule has 0 radical (unpaired) electrons. The van der Waals surface area contributed by atoms with Crippen LogP contribution in [0, 0.1) is 6.92 Å². The second kappa shape index (κ2) is 10.2. The van der Waals surface area contributed by atoms with Crippen LogP contribution in [0.4, 0.5) is 5.82 Å². The summed E-state index contributed by atoms with van der Waals surface area (Å²) in [4.78, 5) is 31.0. The molecular formula is C21H31N7O2. The molecule has 1 aliphatic rings. The van der Waals surface area contributed by atoms with E-state index < -0.39 is 0 Å². The fourth-order valence-corrected chi connectivity index (χ4v) is 3.69. The van der Waals surface area contributed by atoms with Gasteiger partial charge in [-0.15, -0.1) is 0 Å². The summed E-state index contributed by atoms with van der Waals surface area (Å²) in [5, 5.41) is 7.28. The molecule has 162 valence electrons. The van der Waals surface area contributed by atoms with E-state index in [0.717, 1.165) is 48.6 Å². The maximum absolute atomic E-state index is 12.5. The molecular weight excluding hydrogens is 382 g/mol. The van der Waals surface area contributed by atoms with Gasteiger partial charge in [0, 0.05) is 11.9 Å². The third-order valence-electron chi connectivity index (χ3n) is 5.15. The van der Waals surface area contributed by atoms with Gasteiger partial charge >= 0.3 is 0 Å². The van der Waals surface area contributed by atoms with Gasteiger partial charge in [0.05, 0.1) is 24.7 Å². The minimum Gasteiger partial charge on any atom is -0.368 e. The normalized spacial score (nSPS) is 19.5. The third kappa shape index (κ3) is 5.35. The van der Waals surface area contributed by atoms with Crippen molar-refractivity contribution in [1.29, 1.82) is 0 Å². The minimum absolute atomic E-state index is 0.0198. The fraction of sp³-hybridized carbons (Fsp3) is 0.524. The van der Waals surface area contributed by atoms with Crippen molar-refractivity contribution in [2.75, 3.05) is 19.0 Å². The summed E-state index contributed by atoms with van der Waals surface area (Å²) in [7, 11) is 1.50. The lowest BCUT2D eigenvalue weighted by Gasteiger charge is -2.30. The van der Waals surface area contributed by atoms with Gasteiger partial charge in [-0.1, -0.05) is 31.4 Å². The largest absolute Gasteiger partial charge is 0.368 e. The molecule has 1 amide bonds. The van der Waals surface area contributed by atoms with E-state index >= 15 is 0 Å². The first-order valence-electron chi connectivity index (χ1n) is 10.5. The summed E-state index contributed by atoms with van der Waals surface area (Å²) < 4.78 is 0. The number of rotatable bonds is 7. The van der Waals surface area contributed by atoms with Crippen LogP contribution in [0.25, 0.3) is 10.9 Å². The van der Waals surface area contributed by atoms with Gasteiger partial charge in [0.2, 0.25) is 11.8 Å². The highest BCUT2D eigenvalue weighted by molar-refractivity contribution is 5.96. The molecule has 3 rings (SSSR count). The number of aryl methyl sites for hydroxylation is 1. The average Bonchev–Trinajstić information content (AvgIpc) is 2.73. The Morgan fingerprint density at radius 2 is 2.10 bits per heavy atom. The first kappa shape index (κ1) is 21.8. The molecule has 9 heteroatoms. The molecule has 1 aromatic carbocycles. The topological polar surface area (TPSA) is 127 Å². The lowest BCUT2D eigenvalue weighted by molar-refractivity contribution is 0.0943. The van der Waals surface area contributed by atoms with Gasteiger partial charge in [-0.3, -0.25) is 9.63 Å². The quantitative estimate of drug-likeness (QED) is 0.311. The molecule has 0 bridgehead atoms. The zero-order chi connectivity index (χ0) is 21.5. The van der Waals surface area contributed by atoms with Crippen LogP contribution < -0.4 is 21.8 Å². The van der Waals surface area contributed by atoms with E-state index in [1.165, 1.54) is 7.11 Å². The smallest absolute Gasteiger partial charge is 0.289 e. The first-order valence-corrected chi connectivity index (χ1v) is 10.5. The molecule has 0 spiro atoms. The van der Waals surface area contributed by atoms with Crippen molar-refractivity contribution in [2.24, 2.45) is 10.7 Å². The molecule has 0 unspecified atom stereocenters. The second-order valence-electron chi connectivity index (χ2n) is 7.60. The number of aromatic nitrogens is 2. The highest BCUT2D eigenvalue weighted by Gasteiger charge is 2.26. The molecule has 9 nitrogen and oxygen atoms in total. The number of nitrogens with zero attached hydrogens (tertiary/aromatic N) is 3. The number of anilines is 1. The SMILES string of the molecule is CCCNC(=O)c1nc(N[C@H]2CCCC[C@H]2N=C(N)NOC)c2cc(C)ccc2n1. The average molecular weight is 414 g/mol. The Morgan fingerprint density at radius 1 is 1.30 bits per heavy atom. The number of guanidine groups is 1. The number of fused-ring (bicyclic) bond motifs is 1. The number of nitrogens with two attached hydrogens (primary N) is 1. The molecule has 1 heterocycles. The molecule has 1 aromatic heterocycles. The standard InChI is InChI=1S/C21H31N7O2/c1-4-11-23-20(29)19-24-15-10-9-13(2)12-14(15)18(27-19)25-16-7-5-6-8-17(16)26-21(22)28-30-3/h9-10,12,16-17H,4-8,11H2,1-3H3,(H,23,29)(H3,22,26,28)(H,24,25,27)/t16-,17+/m0/s1. The lowest BCUT2D eigenvalue weighted by atomic mass is 9.90. The predicted octanol–water partition coefficient (Wildman–Crippen LogP) is 2.27. The number of benzene rings is 1. The van der Waals surface area contributed by atoms with Crippen molar-refractivity contribution < 1.29 is 9.63 Å². The summed E-state index contributed by atoms with van der Waals surface area (Å²) >= 11 is 0. The second-order valence-corrected chi connectivity index (χ2v) is 7.60. The zero-order valence-electron chi connectivity index (χ0n) is 17.9. The molecule has 2 atom stereocenters. The highest BCUT2D eigenvalue weighted by atomic mass is 16.6. The number of aliphatic imine (C=N–C) groups is 1. The highest BCUT2D eigenvalue weighted by Crippen LogP contribution is 2.28. The number of carbonyl (C=O) groups is 1. The number of amides is 1. The molecule has 0 saturated heterocycles. The van der Waals surface area contributed by atoms with Crippen LogP contribution in [-0.4, -0.2) is 47.6 Å². The predicted molar refractivity (Wildman–Crippen MR) is 118 cm³/mol. The van der Waals surface area contributed by atoms with Crippen LogP contribution in [0.2, 0.25) is 0 Å². The third-order valence-corrected chi connectivity index (χ3v) is 5.15. The Labute approximate surface area is 176 Å². The van der Waals surface area contributed by atoms with Crippen LogP contribution >= 0.6 is 0 Å². The summed E-state index contributed by atoms with van der Waals surface area (Å²) in [6.07, 6.45) is 4.87. The number of hydroxylamine groups is 1. The van der Waals surface area contributed by atoms with E-state index in [-0.39, 0.29) is 29.8 Å². The molecule has 2 aromatic rings. The summed E-state index contributed by atoms with van der Waals surface area (Å²) in [6, 6.07) is 5.96. The van der Waals surface area contributed by atoms with E-state index in [1.807, 2.05) is 32.0 Å². The van der Waals surface area contributed by atoms with E-state index in [9.17, 15) is 4.79 Å². The van der Waals surface area contributed by atoms with Gasteiger partial charge in [0.25, 0.3) is 5.91 Å². The fourth-order valence-electron chi connectivity index (χ4n) is 3.69. The van der Waals surface area contributed by atoms with Crippen molar-refractivity contribution in [2.45, 2.75) is 58.0 Å². The lowest BCUT2D eigenvalue weighted by Crippen LogP contribution is -2.40. The van der Waals surface area contributed by atoms with Gasteiger partial charge in [-0.25, -0.2) is 20.4 Å². The minimum atomic E-state index is -0.269. The van der Waals surface area contributed by atoms with Crippen molar-refractivity contribution in [1.82, 2.24) is 20.8 Å². The van der Waals surface area contributed by atoms with Crippen LogP contribution in [-0.2, 0) is 4.84 Å². The molecule has 1 aliphatic carbocycles. The Kier molecular flexibility index (Phi) is 7.40. The van der Waals surface area contributed by atoms with Gasteiger partial charge in [-0.2, -0.15) is 0 Å². The van der Waals surface area contributed by atoms with Gasteiger partial charge < -0.3 is 16.4 Å². The molecule has 5 N–H and O–H groups in total. The van der Waals surface area contributed by atoms with Crippen molar-refractivity contribution >= 4 is 28.6 Å². The Balaban J connectivity index is 1.95. The summed E-state index contributed by atoms with van der Waals surface area (Å²) in [5.41, 5.74) is 10.3. The van der Waals surface area contributed by atoms with Gasteiger partial charge in [-0.05, 0) is 38.3 Å². The molecule has 0 aliphatic heterocycles. The van der Waals surface area contributed by atoms with Crippen molar-refractivity contribution in [3.05, 3.63) is 29.6 Å². The van der Waals surface area contributed by atoms with Crippen LogP contribution in [0.3, 0.4) is 0 Å². The monoisotopic (exact) mass is 413 g/mol. The van der Waals surface area contributed by atoms with Crippen LogP contribution in [0.15, 0.2) is 23.2 Å². The first-order chi connectivity index (χ1) is 14.5. The van der Waals surface area contributed by atoms with E-state index in [4.69, 9.17) is 10.6 Å². The number of carbonyl (C=O) groups excluding carboxylic acids is 1. The maximum atomic E-state index is 12.5. The Bertz CT molecular complexity index is 916. The number of hydrogen-bond acceptors (Lipinski definition) is 6. The summed E-state index contributed by atoms with van der Waals surface area (Å²) in [5.74, 6) is 0.794. The van der Waals surface area contributed by atoms with Crippen LogP contribution in [0.1, 0.15) is 55.2 Å². The van der Waals surface area contributed by atoms with Crippen LogP contribution in [0.5, 0.6) is 0 Å². The zero-order valence-corrected chi connectivity index (χ0v) is 17.9. The number of hydrogen-bond donors (Lipinski definition) is 4. The maximum Gasteiger partial charge on any atom is 0.289 e.